The molecule has 0 aromatic carbocycles. The van der Waals surface area contributed by atoms with Gasteiger partial charge in [-0.05, 0) is 18.4 Å². The topological polar surface area (TPSA) is 39.2 Å². The highest BCUT2D eigenvalue weighted by molar-refractivity contribution is 5.98. The summed E-state index contributed by atoms with van der Waals surface area (Å²) in [5.41, 5.74) is 0.864. The predicted molar refractivity (Wildman–Crippen MR) is 48.0 cm³/mol. The van der Waals surface area contributed by atoms with Gasteiger partial charge in [0.25, 0.3) is 0 Å². The largest absolute Gasteiger partial charge is 0.481 e. The third-order valence-corrected chi connectivity index (χ3v) is 2.37. The summed E-state index contributed by atoms with van der Waals surface area (Å²) in [6.45, 7) is 0. The van der Waals surface area contributed by atoms with Crippen molar-refractivity contribution >= 4 is 5.78 Å². The molecule has 0 spiro atoms. The van der Waals surface area contributed by atoms with Gasteiger partial charge in [0.2, 0.25) is 11.8 Å². The second-order valence-electron chi connectivity index (χ2n) is 3.27. The molecule has 0 radical (unpaired) electrons. The normalized spacial score (nSPS) is 15.1. The van der Waals surface area contributed by atoms with Gasteiger partial charge in [0.1, 0.15) is 0 Å². The van der Waals surface area contributed by atoms with E-state index in [0.717, 1.165) is 12.8 Å². The van der Waals surface area contributed by atoms with Crippen LogP contribution in [0.25, 0.3) is 0 Å². The van der Waals surface area contributed by atoms with Crippen molar-refractivity contribution in [3.05, 3.63) is 23.1 Å². The fraction of sp³-hybridized carbons (Fsp3) is 0.400. The van der Waals surface area contributed by atoms with Crippen molar-refractivity contribution in [2.45, 2.75) is 19.3 Å². The molecule has 0 saturated carbocycles. The smallest absolute Gasteiger partial charge is 0.227 e. The second kappa shape index (κ2) is 3.36. The number of nitrogens with zero attached hydrogens (tertiary/aromatic N) is 1. The molecule has 0 atom stereocenters. The summed E-state index contributed by atoms with van der Waals surface area (Å²) < 4.78 is 18.2. The fourth-order valence-electron chi connectivity index (χ4n) is 1.70. The summed E-state index contributed by atoms with van der Waals surface area (Å²) in [6, 6.07) is 1.63. The minimum atomic E-state index is -0.705. The molecule has 0 unspecified atom stereocenters. The van der Waals surface area contributed by atoms with E-state index in [1.165, 1.54) is 7.11 Å². The molecule has 1 aromatic heterocycles. The van der Waals surface area contributed by atoms with Gasteiger partial charge in [-0.1, -0.05) is 0 Å². The molecule has 0 amide bonds. The molecule has 4 heteroatoms. The van der Waals surface area contributed by atoms with Crippen LogP contribution in [0.15, 0.2) is 6.07 Å². The van der Waals surface area contributed by atoms with E-state index in [9.17, 15) is 9.18 Å². The fourth-order valence-corrected chi connectivity index (χ4v) is 1.70. The first kappa shape index (κ1) is 9.12. The zero-order valence-corrected chi connectivity index (χ0v) is 7.84. The van der Waals surface area contributed by atoms with Crippen LogP contribution in [0.3, 0.4) is 0 Å². The molecule has 2 rings (SSSR count). The van der Waals surface area contributed by atoms with Crippen molar-refractivity contribution in [2.24, 2.45) is 0 Å². The molecule has 1 heterocycles. The highest BCUT2D eigenvalue weighted by Crippen LogP contribution is 2.25. The first-order valence-electron chi connectivity index (χ1n) is 4.49. The number of Topliss-reactive ketones (excluding diaryl/α,β-unsaturated/α-hetero) is 1. The summed E-state index contributed by atoms with van der Waals surface area (Å²) in [5, 5.41) is 0. The molecule has 0 N–H and O–H groups in total. The first-order valence-corrected chi connectivity index (χ1v) is 4.49. The Morgan fingerprint density at radius 1 is 1.50 bits per heavy atom. The summed E-state index contributed by atoms with van der Waals surface area (Å²) in [7, 11) is 1.43. The number of ether oxygens (including phenoxy) is 1. The molecule has 3 nitrogen and oxygen atoms in total. The van der Waals surface area contributed by atoms with Gasteiger partial charge in [-0.25, -0.2) is 0 Å². The van der Waals surface area contributed by atoms with Gasteiger partial charge in [0.05, 0.1) is 12.7 Å². The van der Waals surface area contributed by atoms with Gasteiger partial charge in [-0.2, -0.15) is 9.37 Å². The predicted octanol–water partition coefficient (Wildman–Crippen LogP) is 1.75. The van der Waals surface area contributed by atoms with Gasteiger partial charge in [0.15, 0.2) is 5.78 Å². The van der Waals surface area contributed by atoms with Crippen LogP contribution in [0, 0.1) is 5.95 Å². The number of fused-ring (bicyclic) bond motifs is 1. The summed E-state index contributed by atoms with van der Waals surface area (Å²) in [4.78, 5) is 14.9. The van der Waals surface area contributed by atoms with E-state index in [2.05, 4.69) is 4.98 Å². The van der Waals surface area contributed by atoms with Crippen LogP contribution in [0.1, 0.15) is 28.8 Å². The second-order valence-corrected chi connectivity index (χ2v) is 3.27. The first-order chi connectivity index (χ1) is 6.72. The summed E-state index contributed by atoms with van der Waals surface area (Å²) >= 11 is 0. The maximum atomic E-state index is 13.4. The molecule has 1 aliphatic rings. The number of halogens is 1. The number of hydrogen-bond acceptors (Lipinski definition) is 3. The monoisotopic (exact) mass is 195 g/mol. The SMILES string of the molecule is COc1cc2c(c(F)n1)C(=O)CCC2. The van der Waals surface area contributed by atoms with Gasteiger partial charge in [-0.3, -0.25) is 4.79 Å². The quantitative estimate of drug-likeness (QED) is 0.641. The Kier molecular flexibility index (Phi) is 2.19. The standard InChI is InChI=1S/C10H10FNO2/c1-14-8-5-6-3-2-4-7(13)9(6)10(11)12-8/h5H,2-4H2,1H3. The third-order valence-electron chi connectivity index (χ3n) is 2.37. The van der Waals surface area contributed by atoms with E-state index in [0.29, 0.717) is 12.0 Å². The number of methoxy groups -OCH3 is 1. The number of pyridine rings is 1. The lowest BCUT2D eigenvalue weighted by Crippen LogP contribution is -2.14. The van der Waals surface area contributed by atoms with Crippen LogP contribution in [-0.2, 0) is 6.42 Å². The van der Waals surface area contributed by atoms with E-state index < -0.39 is 5.95 Å². The van der Waals surface area contributed by atoms with Crippen LogP contribution in [0.2, 0.25) is 0 Å². The number of carbonyl (C=O) groups excluding carboxylic acids is 1. The number of ketones is 1. The molecule has 0 bridgehead atoms. The molecule has 1 aliphatic carbocycles. The average Bonchev–Trinajstić information content (AvgIpc) is 2.17. The van der Waals surface area contributed by atoms with Gasteiger partial charge >= 0.3 is 0 Å². The Balaban J connectivity index is 2.56. The maximum Gasteiger partial charge on any atom is 0.227 e. The highest BCUT2D eigenvalue weighted by atomic mass is 19.1. The number of aryl methyl sites for hydroxylation is 1. The zero-order chi connectivity index (χ0) is 10.1. The van der Waals surface area contributed by atoms with Crippen molar-refractivity contribution in [2.75, 3.05) is 7.11 Å². The molecular weight excluding hydrogens is 185 g/mol. The molecule has 0 saturated heterocycles. The van der Waals surface area contributed by atoms with Crippen LogP contribution >= 0.6 is 0 Å². The summed E-state index contributed by atoms with van der Waals surface area (Å²) in [6.07, 6.45) is 1.91. The van der Waals surface area contributed by atoms with Gasteiger partial charge in [0, 0.05) is 12.5 Å². The highest BCUT2D eigenvalue weighted by Gasteiger charge is 2.23. The van der Waals surface area contributed by atoms with E-state index >= 15 is 0 Å². The van der Waals surface area contributed by atoms with Gasteiger partial charge in [-0.15, -0.1) is 0 Å². The van der Waals surface area contributed by atoms with Crippen LogP contribution in [0.5, 0.6) is 5.88 Å². The lowest BCUT2D eigenvalue weighted by Gasteiger charge is -2.15. The van der Waals surface area contributed by atoms with Crippen LogP contribution in [0.4, 0.5) is 4.39 Å². The minimum Gasteiger partial charge on any atom is -0.481 e. The van der Waals surface area contributed by atoms with Gasteiger partial charge < -0.3 is 4.74 Å². The number of rotatable bonds is 1. The van der Waals surface area contributed by atoms with Crippen molar-refractivity contribution in [1.29, 1.82) is 0 Å². The molecular formula is C10H10FNO2. The minimum absolute atomic E-state index is 0.150. The third kappa shape index (κ3) is 1.36. The van der Waals surface area contributed by atoms with E-state index in [4.69, 9.17) is 4.74 Å². The maximum absolute atomic E-state index is 13.4. The number of hydrogen-bond donors (Lipinski definition) is 0. The lowest BCUT2D eigenvalue weighted by atomic mass is 9.92. The molecule has 74 valence electrons. The molecule has 0 aliphatic heterocycles. The van der Waals surface area contributed by atoms with E-state index in [1.807, 2.05) is 0 Å². The Bertz CT molecular complexity index is 390. The molecule has 14 heavy (non-hydrogen) atoms. The van der Waals surface area contributed by atoms with Crippen LogP contribution in [-0.4, -0.2) is 17.9 Å². The van der Waals surface area contributed by atoms with Crippen molar-refractivity contribution < 1.29 is 13.9 Å². The lowest BCUT2D eigenvalue weighted by molar-refractivity contribution is 0.0967. The number of carbonyl (C=O) groups is 1. The van der Waals surface area contributed by atoms with Crippen molar-refractivity contribution in [1.82, 2.24) is 4.98 Å². The van der Waals surface area contributed by atoms with Crippen molar-refractivity contribution in [3.63, 3.8) is 0 Å². The average molecular weight is 195 g/mol. The molecule has 1 aromatic rings. The zero-order valence-electron chi connectivity index (χ0n) is 7.84. The summed E-state index contributed by atoms with van der Waals surface area (Å²) in [5.74, 6) is -0.626. The Morgan fingerprint density at radius 3 is 3.00 bits per heavy atom. The molecule has 0 fully saturated rings. The van der Waals surface area contributed by atoms with E-state index in [1.54, 1.807) is 6.07 Å². The number of aromatic nitrogens is 1. The van der Waals surface area contributed by atoms with E-state index in [-0.39, 0.29) is 17.2 Å². The Labute approximate surface area is 80.9 Å². The Morgan fingerprint density at radius 2 is 2.29 bits per heavy atom. The van der Waals surface area contributed by atoms with Crippen molar-refractivity contribution in [3.8, 4) is 5.88 Å². The Hall–Kier alpha value is -1.45. The van der Waals surface area contributed by atoms with Crippen LogP contribution < -0.4 is 4.74 Å².